The first kappa shape index (κ1) is 14.3. The van der Waals surface area contributed by atoms with E-state index in [9.17, 15) is 0 Å². The minimum Gasteiger partial charge on any atom is -0.314 e. The molecular weight excluding hydrogens is 220 g/mol. The number of piperidine rings is 1. The SMILES string of the molecule is CN1CCC(CCNC2CCCC(C)(C)C2)CC1. The van der Waals surface area contributed by atoms with Crippen LogP contribution in [0.1, 0.15) is 58.8 Å². The van der Waals surface area contributed by atoms with Crippen LogP contribution in [0.15, 0.2) is 0 Å². The quantitative estimate of drug-likeness (QED) is 0.826. The van der Waals surface area contributed by atoms with E-state index in [0.29, 0.717) is 5.41 Å². The summed E-state index contributed by atoms with van der Waals surface area (Å²) in [4.78, 5) is 2.47. The standard InChI is InChI=1S/C16H32N2/c1-16(2)9-4-5-15(13-16)17-10-6-14-7-11-18(3)12-8-14/h14-15,17H,4-13H2,1-3H3. The summed E-state index contributed by atoms with van der Waals surface area (Å²) in [5.41, 5.74) is 0.573. The number of nitrogens with zero attached hydrogens (tertiary/aromatic N) is 1. The van der Waals surface area contributed by atoms with Crippen LogP contribution in [0, 0.1) is 11.3 Å². The second-order valence-electron chi connectivity index (χ2n) is 7.45. The van der Waals surface area contributed by atoms with Crippen LogP contribution in [-0.2, 0) is 0 Å². The van der Waals surface area contributed by atoms with Gasteiger partial charge in [0.2, 0.25) is 0 Å². The molecule has 1 saturated heterocycles. The minimum atomic E-state index is 0.573. The van der Waals surface area contributed by atoms with Crippen LogP contribution in [0.5, 0.6) is 0 Å². The molecule has 0 amide bonds. The van der Waals surface area contributed by atoms with E-state index in [2.05, 4.69) is 31.1 Å². The van der Waals surface area contributed by atoms with Gasteiger partial charge in [-0.2, -0.15) is 0 Å². The Kier molecular flexibility index (Phi) is 5.08. The van der Waals surface area contributed by atoms with Crippen molar-refractivity contribution in [2.45, 2.75) is 64.8 Å². The first-order chi connectivity index (χ1) is 8.55. The molecule has 2 fully saturated rings. The summed E-state index contributed by atoms with van der Waals surface area (Å²) in [6, 6.07) is 0.792. The highest BCUT2D eigenvalue weighted by molar-refractivity contribution is 4.83. The molecule has 0 radical (unpaired) electrons. The van der Waals surface area contributed by atoms with Crippen LogP contribution in [0.25, 0.3) is 0 Å². The Morgan fingerprint density at radius 3 is 2.56 bits per heavy atom. The first-order valence-electron chi connectivity index (χ1n) is 7.97. The minimum absolute atomic E-state index is 0.573. The number of hydrogen-bond donors (Lipinski definition) is 1. The molecule has 106 valence electrons. The summed E-state index contributed by atoms with van der Waals surface area (Å²) in [6.07, 6.45) is 9.82. The summed E-state index contributed by atoms with van der Waals surface area (Å²) in [7, 11) is 2.25. The molecule has 0 aromatic carbocycles. The lowest BCUT2D eigenvalue weighted by molar-refractivity contribution is 0.186. The van der Waals surface area contributed by atoms with Gasteiger partial charge in [-0.05, 0) is 76.5 Å². The van der Waals surface area contributed by atoms with Gasteiger partial charge in [0, 0.05) is 6.04 Å². The second-order valence-corrected chi connectivity index (χ2v) is 7.45. The lowest BCUT2D eigenvalue weighted by Crippen LogP contribution is -2.39. The second kappa shape index (κ2) is 6.38. The van der Waals surface area contributed by atoms with Gasteiger partial charge >= 0.3 is 0 Å². The van der Waals surface area contributed by atoms with Crippen molar-refractivity contribution in [3.05, 3.63) is 0 Å². The Hall–Kier alpha value is -0.0800. The van der Waals surface area contributed by atoms with Crippen molar-refractivity contribution in [2.24, 2.45) is 11.3 Å². The molecule has 2 heteroatoms. The molecule has 2 nitrogen and oxygen atoms in total. The summed E-state index contributed by atoms with van der Waals surface area (Å²) in [5, 5.41) is 3.82. The Morgan fingerprint density at radius 1 is 1.17 bits per heavy atom. The maximum Gasteiger partial charge on any atom is 0.00721 e. The third-order valence-corrected chi connectivity index (χ3v) is 5.03. The molecule has 1 aliphatic heterocycles. The van der Waals surface area contributed by atoms with Crippen LogP contribution >= 0.6 is 0 Å². The molecule has 2 rings (SSSR count). The highest BCUT2D eigenvalue weighted by atomic mass is 15.1. The van der Waals surface area contributed by atoms with Gasteiger partial charge in [-0.25, -0.2) is 0 Å². The van der Waals surface area contributed by atoms with Crippen molar-refractivity contribution in [1.82, 2.24) is 10.2 Å². The predicted molar refractivity (Wildman–Crippen MR) is 78.9 cm³/mol. The fraction of sp³-hybridized carbons (Fsp3) is 1.00. The summed E-state index contributed by atoms with van der Waals surface area (Å²) >= 11 is 0. The van der Waals surface area contributed by atoms with E-state index in [1.807, 2.05) is 0 Å². The Bertz CT molecular complexity index is 241. The fourth-order valence-corrected chi connectivity index (χ4v) is 3.71. The van der Waals surface area contributed by atoms with Gasteiger partial charge in [0.05, 0.1) is 0 Å². The topological polar surface area (TPSA) is 15.3 Å². The van der Waals surface area contributed by atoms with Crippen molar-refractivity contribution in [2.75, 3.05) is 26.7 Å². The number of nitrogens with one attached hydrogen (secondary N) is 1. The average molecular weight is 252 g/mol. The molecule has 1 aliphatic carbocycles. The van der Waals surface area contributed by atoms with E-state index in [1.54, 1.807) is 0 Å². The Labute approximate surface area is 114 Å². The van der Waals surface area contributed by atoms with Gasteiger partial charge in [0.15, 0.2) is 0 Å². The van der Waals surface area contributed by atoms with E-state index in [1.165, 1.54) is 64.6 Å². The van der Waals surface area contributed by atoms with Gasteiger partial charge in [0.1, 0.15) is 0 Å². The lowest BCUT2D eigenvalue weighted by Gasteiger charge is -2.36. The van der Waals surface area contributed by atoms with Crippen molar-refractivity contribution < 1.29 is 0 Å². The smallest absolute Gasteiger partial charge is 0.00721 e. The molecule has 0 aromatic heterocycles. The zero-order valence-corrected chi connectivity index (χ0v) is 12.7. The molecule has 2 aliphatic rings. The Morgan fingerprint density at radius 2 is 1.89 bits per heavy atom. The van der Waals surface area contributed by atoms with Crippen LogP contribution in [0.3, 0.4) is 0 Å². The molecule has 18 heavy (non-hydrogen) atoms. The largest absolute Gasteiger partial charge is 0.314 e. The van der Waals surface area contributed by atoms with Crippen LogP contribution in [0.2, 0.25) is 0 Å². The third kappa shape index (κ3) is 4.55. The normalized spacial score (nSPS) is 30.5. The molecule has 0 spiro atoms. The molecular formula is C16H32N2. The number of likely N-dealkylation sites (tertiary alicyclic amines) is 1. The molecule has 1 atom stereocenters. The third-order valence-electron chi connectivity index (χ3n) is 5.03. The van der Waals surface area contributed by atoms with Gasteiger partial charge < -0.3 is 10.2 Å². The zero-order valence-electron chi connectivity index (χ0n) is 12.7. The summed E-state index contributed by atoms with van der Waals surface area (Å²) < 4.78 is 0. The number of rotatable bonds is 4. The van der Waals surface area contributed by atoms with Gasteiger partial charge in [-0.3, -0.25) is 0 Å². The van der Waals surface area contributed by atoms with Gasteiger partial charge in [-0.1, -0.05) is 20.3 Å². The van der Waals surface area contributed by atoms with Crippen LogP contribution in [0.4, 0.5) is 0 Å². The molecule has 1 saturated carbocycles. The van der Waals surface area contributed by atoms with E-state index < -0.39 is 0 Å². The average Bonchev–Trinajstić information content (AvgIpc) is 2.30. The van der Waals surface area contributed by atoms with Crippen molar-refractivity contribution in [1.29, 1.82) is 0 Å². The van der Waals surface area contributed by atoms with Crippen LogP contribution in [-0.4, -0.2) is 37.6 Å². The van der Waals surface area contributed by atoms with E-state index in [-0.39, 0.29) is 0 Å². The molecule has 1 N–H and O–H groups in total. The van der Waals surface area contributed by atoms with Gasteiger partial charge in [0.25, 0.3) is 0 Å². The molecule has 0 bridgehead atoms. The summed E-state index contributed by atoms with van der Waals surface area (Å²) in [5.74, 6) is 0.977. The number of hydrogen-bond acceptors (Lipinski definition) is 2. The van der Waals surface area contributed by atoms with Gasteiger partial charge in [-0.15, -0.1) is 0 Å². The molecule has 1 unspecified atom stereocenters. The Balaban J connectivity index is 1.60. The first-order valence-corrected chi connectivity index (χ1v) is 7.97. The van der Waals surface area contributed by atoms with Crippen molar-refractivity contribution >= 4 is 0 Å². The molecule has 0 aromatic rings. The van der Waals surface area contributed by atoms with E-state index in [0.717, 1.165) is 12.0 Å². The fourth-order valence-electron chi connectivity index (χ4n) is 3.71. The van der Waals surface area contributed by atoms with E-state index in [4.69, 9.17) is 0 Å². The van der Waals surface area contributed by atoms with Crippen molar-refractivity contribution in [3.63, 3.8) is 0 Å². The van der Waals surface area contributed by atoms with Crippen LogP contribution < -0.4 is 5.32 Å². The highest BCUT2D eigenvalue weighted by Crippen LogP contribution is 2.35. The van der Waals surface area contributed by atoms with Crippen molar-refractivity contribution in [3.8, 4) is 0 Å². The zero-order chi connectivity index (χ0) is 13.0. The summed E-state index contributed by atoms with van der Waals surface area (Å²) in [6.45, 7) is 8.72. The highest BCUT2D eigenvalue weighted by Gasteiger charge is 2.27. The monoisotopic (exact) mass is 252 g/mol. The predicted octanol–water partition coefficient (Wildman–Crippen LogP) is 3.28. The lowest BCUT2D eigenvalue weighted by atomic mass is 9.75. The maximum atomic E-state index is 3.82. The molecule has 1 heterocycles. The van der Waals surface area contributed by atoms with E-state index >= 15 is 0 Å². The maximum absolute atomic E-state index is 3.82.